The zero-order chi connectivity index (χ0) is 20.9. The predicted molar refractivity (Wildman–Crippen MR) is 117 cm³/mol. The van der Waals surface area contributed by atoms with E-state index in [4.69, 9.17) is 4.74 Å². The molecule has 0 aromatic heterocycles. The highest BCUT2D eigenvalue weighted by molar-refractivity contribution is 9.10. The molecule has 1 heterocycles. The number of ether oxygens (including phenoxy) is 1. The van der Waals surface area contributed by atoms with Crippen LogP contribution in [0.4, 0.5) is 5.69 Å². The van der Waals surface area contributed by atoms with E-state index in [1.165, 1.54) is 0 Å². The first-order valence-corrected chi connectivity index (χ1v) is 11.9. The van der Waals surface area contributed by atoms with Gasteiger partial charge in [-0.25, -0.2) is 8.42 Å². The van der Waals surface area contributed by atoms with Gasteiger partial charge in [-0.15, -0.1) is 0 Å². The van der Waals surface area contributed by atoms with Crippen molar-refractivity contribution in [2.75, 3.05) is 25.5 Å². The van der Waals surface area contributed by atoms with Crippen molar-refractivity contribution in [3.63, 3.8) is 0 Å². The van der Waals surface area contributed by atoms with Gasteiger partial charge in [-0.2, -0.15) is 4.31 Å². The van der Waals surface area contributed by atoms with Crippen molar-refractivity contribution in [1.29, 1.82) is 0 Å². The molecule has 0 aliphatic carbocycles. The number of hydrogen-bond donors (Lipinski definition) is 1. The predicted octanol–water partition coefficient (Wildman–Crippen LogP) is 4.20. The molecule has 156 valence electrons. The lowest BCUT2D eigenvalue weighted by Crippen LogP contribution is -2.35. The number of amides is 1. The van der Waals surface area contributed by atoms with Gasteiger partial charge in [-0.1, -0.05) is 22.4 Å². The molecule has 0 spiro atoms. The molecule has 1 aliphatic heterocycles. The summed E-state index contributed by atoms with van der Waals surface area (Å²) >= 11 is 3.36. The standard InChI is InChI=1S/C21H25BrN2O4S/c1-28-20-11-10-19(29(26,27)24-13-3-2-4-14-24)15-16(20)5-12-21(25)23-18-8-6-17(22)7-9-18/h6-11,15H,2-5,12-14H2,1H3,(H,23,25). The summed E-state index contributed by atoms with van der Waals surface area (Å²) in [6.07, 6.45) is 3.44. The van der Waals surface area contributed by atoms with E-state index in [2.05, 4.69) is 21.2 Å². The Bertz CT molecular complexity index is 955. The maximum absolute atomic E-state index is 12.9. The van der Waals surface area contributed by atoms with Gasteiger partial charge < -0.3 is 10.1 Å². The SMILES string of the molecule is COc1ccc(S(=O)(=O)N2CCCCC2)cc1CCC(=O)Nc1ccc(Br)cc1. The van der Waals surface area contributed by atoms with Crippen LogP contribution in [-0.4, -0.2) is 38.8 Å². The van der Waals surface area contributed by atoms with Gasteiger partial charge in [0.1, 0.15) is 5.75 Å². The van der Waals surface area contributed by atoms with Crippen LogP contribution < -0.4 is 10.1 Å². The van der Waals surface area contributed by atoms with Crippen molar-refractivity contribution in [3.05, 3.63) is 52.5 Å². The quantitative estimate of drug-likeness (QED) is 0.643. The molecule has 1 aliphatic rings. The molecule has 0 unspecified atom stereocenters. The number of carbonyl (C=O) groups is 1. The van der Waals surface area contributed by atoms with Crippen molar-refractivity contribution in [2.24, 2.45) is 0 Å². The number of anilines is 1. The molecule has 8 heteroatoms. The Morgan fingerprint density at radius 1 is 1.10 bits per heavy atom. The molecule has 1 saturated heterocycles. The molecule has 2 aromatic carbocycles. The number of sulfonamides is 1. The third-order valence-corrected chi connectivity index (χ3v) is 7.38. The molecule has 1 amide bonds. The number of benzene rings is 2. The minimum absolute atomic E-state index is 0.140. The number of carbonyl (C=O) groups excluding carboxylic acids is 1. The molecule has 29 heavy (non-hydrogen) atoms. The molecule has 0 bridgehead atoms. The van der Waals surface area contributed by atoms with Crippen LogP contribution >= 0.6 is 15.9 Å². The van der Waals surface area contributed by atoms with E-state index in [-0.39, 0.29) is 17.2 Å². The average molecular weight is 481 g/mol. The Balaban J connectivity index is 1.71. The highest BCUT2D eigenvalue weighted by Gasteiger charge is 2.26. The van der Waals surface area contributed by atoms with Gasteiger partial charge in [-0.05, 0) is 67.3 Å². The van der Waals surface area contributed by atoms with Crippen molar-refractivity contribution >= 4 is 37.5 Å². The number of methoxy groups -OCH3 is 1. The van der Waals surface area contributed by atoms with E-state index >= 15 is 0 Å². The third-order valence-electron chi connectivity index (χ3n) is 4.95. The van der Waals surface area contributed by atoms with Crippen LogP contribution in [0.25, 0.3) is 0 Å². The van der Waals surface area contributed by atoms with E-state index in [9.17, 15) is 13.2 Å². The van der Waals surface area contributed by atoms with Gasteiger partial charge in [0.2, 0.25) is 15.9 Å². The van der Waals surface area contributed by atoms with Crippen LogP contribution in [0.2, 0.25) is 0 Å². The first-order valence-electron chi connectivity index (χ1n) is 9.62. The van der Waals surface area contributed by atoms with E-state index in [0.717, 1.165) is 23.7 Å². The lowest BCUT2D eigenvalue weighted by atomic mass is 10.1. The van der Waals surface area contributed by atoms with Crippen molar-refractivity contribution in [1.82, 2.24) is 4.31 Å². The molecule has 1 N–H and O–H groups in total. The fourth-order valence-corrected chi connectivity index (χ4v) is 5.20. The number of nitrogens with one attached hydrogen (secondary N) is 1. The molecule has 0 saturated carbocycles. The lowest BCUT2D eigenvalue weighted by molar-refractivity contribution is -0.116. The number of rotatable bonds is 7. The van der Waals surface area contributed by atoms with E-state index in [0.29, 0.717) is 36.5 Å². The summed E-state index contributed by atoms with van der Waals surface area (Å²) in [5.41, 5.74) is 1.42. The van der Waals surface area contributed by atoms with Crippen LogP contribution in [0, 0.1) is 0 Å². The van der Waals surface area contributed by atoms with Crippen LogP contribution in [0.1, 0.15) is 31.2 Å². The number of nitrogens with zero attached hydrogens (tertiary/aromatic N) is 1. The van der Waals surface area contributed by atoms with Gasteiger partial charge >= 0.3 is 0 Å². The highest BCUT2D eigenvalue weighted by Crippen LogP contribution is 2.27. The summed E-state index contributed by atoms with van der Waals surface area (Å²) in [6.45, 7) is 1.11. The summed E-state index contributed by atoms with van der Waals surface area (Å²) < 4.78 is 33.8. The van der Waals surface area contributed by atoms with Gasteiger partial charge in [-0.3, -0.25) is 4.79 Å². The molecule has 2 aromatic rings. The van der Waals surface area contributed by atoms with E-state index in [1.54, 1.807) is 29.6 Å². The van der Waals surface area contributed by atoms with Crippen LogP contribution in [0.15, 0.2) is 51.8 Å². The van der Waals surface area contributed by atoms with Crippen LogP contribution in [0.3, 0.4) is 0 Å². The Labute approximate surface area is 180 Å². The summed E-state index contributed by atoms with van der Waals surface area (Å²) in [7, 11) is -1.99. The largest absolute Gasteiger partial charge is 0.496 e. The fraction of sp³-hybridized carbons (Fsp3) is 0.381. The Hall–Kier alpha value is -1.90. The van der Waals surface area contributed by atoms with Gasteiger partial charge in [0, 0.05) is 29.7 Å². The Morgan fingerprint density at radius 3 is 2.45 bits per heavy atom. The number of aryl methyl sites for hydroxylation is 1. The fourth-order valence-electron chi connectivity index (χ4n) is 3.37. The zero-order valence-corrected chi connectivity index (χ0v) is 18.8. The van der Waals surface area contributed by atoms with E-state index < -0.39 is 10.0 Å². The molecule has 0 atom stereocenters. The smallest absolute Gasteiger partial charge is 0.243 e. The monoisotopic (exact) mass is 480 g/mol. The van der Waals surface area contributed by atoms with E-state index in [1.807, 2.05) is 24.3 Å². The first-order chi connectivity index (χ1) is 13.9. The van der Waals surface area contributed by atoms with Crippen molar-refractivity contribution < 1.29 is 17.9 Å². The average Bonchev–Trinajstić information content (AvgIpc) is 2.74. The molecular formula is C21H25BrN2O4S. The summed E-state index contributed by atoms with van der Waals surface area (Å²) in [5, 5.41) is 2.85. The first kappa shape index (κ1) is 21.8. The molecule has 3 rings (SSSR count). The number of piperidine rings is 1. The Kier molecular flexibility index (Phi) is 7.32. The molecular weight excluding hydrogens is 456 g/mol. The third kappa shape index (κ3) is 5.58. The zero-order valence-electron chi connectivity index (χ0n) is 16.4. The summed E-state index contributed by atoms with van der Waals surface area (Å²) in [6, 6.07) is 12.2. The van der Waals surface area contributed by atoms with Crippen LogP contribution in [0.5, 0.6) is 5.75 Å². The molecule has 0 radical (unpaired) electrons. The molecule has 6 nitrogen and oxygen atoms in total. The summed E-state index contributed by atoms with van der Waals surface area (Å²) in [4.78, 5) is 12.6. The second-order valence-electron chi connectivity index (χ2n) is 6.99. The second kappa shape index (κ2) is 9.73. The van der Waals surface area contributed by atoms with Gasteiger partial charge in [0.05, 0.1) is 12.0 Å². The van der Waals surface area contributed by atoms with Crippen molar-refractivity contribution in [3.8, 4) is 5.75 Å². The maximum Gasteiger partial charge on any atom is 0.243 e. The van der Waals surface area contributed by atoms with Gasteiger partial charge in [0.15, 0.2) is 0 Å². The number of halogens is 1. The van der Waals surface area contributed by atoms with Gasteiger partial charge in [0.25, 0.3) is 0 Å². The lowest BCUT2D eigenvalue weighted by Gasteiger charge is -2.26. The number of hydrogen-bond acceptors (Lipinski definition) is 4. The minimum atomic E-state index is -3.53. The van der Waals surface area contributed by atoms with Crippen molar-refractivity contribution in [2.45, 2.75) is 37.0 Å². The highest BCUT2D eigenvalue weighted by atomic mass is 79.9. The Morgan fingerprint density at radius 2 is 1.79 bits per heavy atom. The summed E-state index contributed by atoms with van der Waals surface area (Å²) in [5.74, 6) is 0.442. The van der Waals surface area contributed by atoms with Crippen LogP contribution in [-0.2, 0) is 21.2 Å². The normalized spacial score (nSPS) is 15.1. The maximum atomic E-state index is 12.9. The second-order valence-corrected chi connectivity index (χ2v) is 9.85. The topological polar surface area (TPSA) is 75.7 Å². The minimum Gasteiger partial charge on any atom is -0.496 e. The molecule has 1 fully saturated rings.